The number of halogens is 2. The van der Waals surface area contributed by atoms with Gasteiger partial charge in [-0.3, -0.25) is 9.69 Å². The SMILES string of the molecule is CN(C)CCCSc1ccccc1N1C(=O)C(Cl)(Cl)C1c1ccccc1. The predicted molar refractivity (Wildman–Crippen MR) is 111 cm³/mol. The van der Waals surface area contributed by atoms with Gasteiger partial charge in [0.1, 0.15) is 6.04 Å². The largest absolute Gasteiger partial charge is 0.309 e. The Kier molecular flexibility index (Phi) is 6.18. The fraction of sp³-hybridized carbons (Fsp3) is 0.350. The molecule has 0 spiro atoms. The molecule has 1 fully saturated rings. The Morgan fingerprint density at radius 2 is 1.73 bits per heavy atom. The summed E-state index contributed by atoms with van der Waals surface area (Å²) in [4.78, 5) is 17.7. The topological polar surface area (TPSA) is 23.6 Å². The van der Waals surface area contributed by atoms with Crippen molar-refractivity contribution >= 4 is 46.6 Å². The van der Waals surface area contributed by atoms with Crippen molar-refractivity contribution in [3.05, 3.63) is 60.2 Å². The third-order valence-corrected chi connectivity index (χ3v) is 6.24. The van der Waals surface area contributed by atoms with Crippen molar-refractivity contribution in [1.29, 1.82) is 0 Å². The summed E-state index contributed by atoms with van der Waals surface area (Å²) in [6, 6.07) is 17.3. The molecule has 3 rings (SSSR count). The van der Waals surface area contributed by atoms with Crippen molar-refractivity contribution in [2.75, 3.05) is 31.3 Å². The van der Waals surface area contributed by atoms with Crippen molar-refractivity contribution in [3.63, 3.8) is 0 Å². The van der Waals surface area contributed by atoms with Crippen molar-refractivity contribution in [2.45, 2.75) is 21.7 Å². The highest BCUT2D eigenvalue weighted by Crippen LogP contribution is 2.54. The molecule has 0 aromatic heterocycles. The summed E-state index contributed by atoms with van der Waals surface area (Å²) in [5.41, 5.74) is 1.81. The van der Waals surface area contributed by atoms with Crippen LogP contribution in [0, 0.1) is 0 Å². The van der Waals surface area contributed by atoms with Gasteiger partial charge in [0.05, 0.1) is 5.69 Å². The number of amides is 1. The molecular formula is C20H22Cl2N2OS. The number of β-lactam (4-membered cyclic amide) rings is 1. The zero-order valence-electron chi connectivity index (χ0n) is 14.9. The Labute approximate surface area is 169 Å². The van der Waals surface area contributed by atoms with E-state index >= 15 is 0 Å². The second-order valence-electron chi connectivity index (χ2n) is 6.58. The third-order valence-electron chi connectivity index (χ3n) is 4.35. The summed E-state index contributed by atoms with van der Waals surface area (Å²) in [6.07, 6.45) is 1.08. The normalized spacial score (nSPS) is 18.9. The van der Waals surface area contributed by atoms with Crippen molar-refractivity contribution < 1.29 is 4.79 Å². The summed E-state index contributed by atoms with van der Waals surface area (Å²) in [7, 11) is 4.14. The van der Waals surface area contributed by atoms with Crippen LogP contribution in [0.15, 0.2) is 59.5 Å². The van der Waals surface area contributed by atoms with Gasteiger partial charge in [0.25, 0.3) is 5.91 Å². The van der Waals surface area contributed by atoms with E-state index in [2.05, 4.69) is 19.0 Å². The maximum Gasteiger partial charge on any atom is 0.266 e. The Morgan fingerprint density at radius 3 is 2.42 bits per heavy atom. The van der Waals surface area contributed by atoms with E-state index < -0.39 is 4.33 Å². The fourth-order valence-corrected chi connectivity index (χ4v) is 4.69. The molecule has 1 aliphatic rings. The Bertz CT molecular complexity index is 767. The average Bonchev–Trinajstić information content (AvgIpc) is 2.63. The molecule has 1 atom stereocenters. The van der Waals surface area contributed by atoms with Crippen molar-refractivity contribution in [3.8, 4) is 0 Å². The van der Waals surface area contributed by atoms with Gasteiger partial charge in [-0.25, -0.2) is 0 Å². The predicted octanol–water partition coefficient (Wildman–Crippen LogP) is 4.99. The lowest BCUT2D eigenvalue weighted by molar-refractivity contribution is -0.125. The third kappa shape index (κ3) is 3.89. The minimum Gasteiger partial charge on any atom is -0.309 e. The molecule has 138 valence electrons. The number of alkyl halides is 2. The highest BCUT2D eigenvalue weighted by atomic mass is 35.5. The van der Waals surface area contributed by atoms with Gasteiger partial charge in [-0.2, -0.15) is 0 Å². The van der Waals surface area contributed by atoms with E-state index in [4.69, 9.17) is 23.2 Å². The van der Waals surface area contributed by atoms with Gasteiger partial charge in [0.2, 0.25) is 4.33 Å². The number of anilines is 1. The van der Waals surface area contributed by atoms with E-state index in [0.29, 0.717) is 0 Å². The lowest BCUT2D eigenvalue weighted by Gasteiger charge is -2.49. The molecule has 0 bridgehead atoms. The quantitative estimate of drug-likeness (QED) is 0.279. The Morgan fingerprint density at radius 1 is 1.08 bits per heavy atom. The highest BCUT2D eigenvalue weighted by molar-refractivity contribution is 7.99. The van der Waals surface area contributed by atoms with Crippen LogP contribution >= 0.6 is 35.0 Å². The number of carbonyl (C=O) groups excluding carboxylic acids is 1. The molecular weight excluding hydrogens is 387 g/mol. The van der Waals surface area contributed by atoms with Gasteiger partial charge < -0.3 is 4.90 Å². The number of benzene rings is 2. The van der Waals surface area contributed by atoms with Gasteiger partial charge in [0, 0.05) is 4.90 Å². The number of thioether (sulfide) groups is 1. The number of hydrogen-bond donors (Lipinski definition) is 0. The molecule has 1 aliphatic heterocycles. The first-order valence-corrected chi connectivity index (χ1v) is 10.3. The number of carbonyl (C=O) groups is 1. The second kappa shape index (κ2) is 8.22. The minimum atomic E-state index is -1.43. The number of para-hydroxylation sites is 1. The molecule has 2 aromatic rings. The van der Waals surface area contributed by atoms with Crippen LogP contribution in [0.3, 0.4) is 0 Å². The minimum absolute atomic E-state index is 0.268. The van der Waals surface area contributed by atoms with Gasteiger partial charge in [-0.05, 0) is 50.5 Å². The zero-order chi connectivity index (χ0) is 18.7. The lowest BCUT2D eigenvalue weighted by Crippen LogP contribution is -2.63. The number of rotatable bonds is 7. The Hall–Kier alpha value is -1.20. The molecule has 0 saturated carbocycles. The molecule has 1 saturated heterocycles. The van der Waals surface area contributed by atoms with Crippen LogP contribution in [0.1, 0.15) is 18.0 Å². The summed E-state index contributed by atoms with van der Waals surface area (Å²) in [6.45, 7) is 1.04. The maximum absolute atomic E-state index is 12.7. The van der Waals surface area contributed by atoms with Gasteiger partial charge >= 0.3 is 0 Å². The molecule has 0 N–H and O–H groups in total. The van der Waals surface area contributed by atoms with Gasteiger partial charge in [-0.1, -0.05) is 65.7 Å². The van der Waals surface area contributed by atoms with E-state index in [1.54, 1.807) is 16.7 Å². The van der Waals surface area contributed by atoms with Crippen LogP contribution in [-0.4, -0.2) is 41.5 Å². The first kappa shape index (κ1) is 19.6. The highest BCUT2D eigenvalue weighted by Gasteiger charge is 2.60. The fourth-order valence-electron chi connectivity index (χ4n) is 3.07. The molecule has 3 nitrogen and oxygen atoms in total. The maximum atomic E-state index is 12.7. The van der Waals surface area contributed by atoms with E-state index in [1.165, 1.54) is 0 Å². The van der Waals surface area contributed by atoms with Crippen LogP contribution in [0.25, 0.3) is 0 Å². The summed E-state index contributed by atoms with van der Waals surface area (Å²) in [5, 5.41) is 0. The first-order chi connectivity index (χ1) is 12.4. The average molecular weight is 409 g/mol. The van der Waals surface area contributed by atoms with Gasteiger partial charge in [0.15, 0.2) is 0 Å². The summed E-state index contributed by atoms with van der Waals surface area (Å²) >= 11 is 14.5. The molecule has 1 amide bonds. The molecule has 1 heterocycles. The molecule has 2 aromatic carbocycles. The van der Waals surface area contributed by atoms with Crippen molar-refractivity contribution in [2.24, 2.45) is 0 Å². The van der Waals surface area contributed by atoms with Crippen LogP contribution < -0.4 is 4.90 Å². The van der Waals surface area contributed by atoms with E-state index in [9.17, 15) is 4.79 Å². The second-order valence-corrected chi connectivity index (χ2v) is 9.11. The number of hydrogen-bond acceptors (Lipinski definition) is 3. The molecule has 26 heavy (non-hydrogen) atoms. The van der Waals surface area contributed by atoms with E-state index in [1.807, 2.05) is 54.6 Å². The monoisotopic (exact) mass is 408 g/mol. The lowest BCUT2D eigenvalue weighted by atomic mass is 9.91. The molecule has 0 radical (unpaired) electrons. The number of nitrogens with zero attached hydrogens (tertiary/aromatic N) is 2. The summed E-state index contributed by atoms with van der Waals surface area (Å²) < 4.78 is -1.43. The molecule has 0 aliphatic carbocycles. The van der Waals surface area contributed by atoms with Crippen LogP contribution in [0.4, 0.5) is 5.69 Å². The van der Waals surface area contributed by atoms with E-state index in [-0.39, 0.29) is 11.9 Å². The van der Waals surface area contributed by atoms with Crippen LogP contribution in [0.5, 0.6) is 0 Å². The molecule has 6 heteroatoms. The Balaban J connectivity index is 1.84. The first-order valence-electron chi connectivity index (χ1n) is 8.56. The van der Waals surface area contributed by atoms with Crippen LogP contribution in [-0.2, 0) is 4.79 Å². The van der Waals surface area contributed by atoms with Crippen LogP contribution in [0.2, 0.25) is 0 Å². The molecule has 1 unspecified atom stereocenters. The van der Waals surface area contributed by atoms with E-state index in [0.717, 1.165) is 34.9 Å². The smallest absolute Gasteiger partial charge is 0.266 e. The summed E-state index contributed by atoms with van der Waals surface area (Å²) in [5.74, 6) is 0.719. The van der Waals surface area contributed by atoms with Crippen molar-refractivity contribution in [1.82, 2.24) is 4.90 Å². The van der Waals surface area contributed by atoms with Gasteiger partial charge in [-0.15, -0.1) is 11.8 Å². The zero-order valence-corrected chi connectivity index (χ0v) is 17.2. The standard InChI is InChI=1S/C20H22Cl2N2OS/c1-23(2)13-8-14-26-17-12-7-6-11-16(17)24-18(20(21,22)19(24)25)15-9-4-3-5-10-15/h3-7,9-12,18H,8,13-14H2,1-2H3.